The van der Waals surface area contributed by atoms with Gasteiger partial charge >= 0.3 is 0 Å². The molecule has 2 aromatic carbocycles. The maximum Gasteiger partial charge on any atom is 0.277 e. The number of carbonyl (C=O) groups excluding carboxylic acids is 1. The first-order valence-corrected chi connectivity index (χ1v) is 11.7. The van der Waals surface area contributed by atoms with Crippen LogP contribution in [0, 0.1) is 5.41 Å². The zero-order valence-electron chi connectivity index (χ0n) is 20.5. The Morgan fingerprint density at radius 1 is 0.969 bits per heavy atom. The summed E-state index contributed by atoms with van der Waals surface area (Å²) in [4.78, 5) is 12.2. The van der Waals surface area contributed by atoms with Crippen LogP contribution < -0.4 is 10.2 Å². The van der Waals surface area contributed by atoms with Crippen molar-refractivity contribution in [3.05, 3.63) is 64.7 Å². The standard InChI is InChI=1S/C28H38N2O2/c1-20(22-12-11-21-9-7-8-10-23(21)17-22)29-30-26(31)18-32-25-15-13-24(14-16-25)28(5,6)19-27(2,3)4/h11-17H,7-10,18-19H2,1-6H3,(H,30,31)/b29-20-. The normalized spacial score (nSPS) is 14.6. The lowest BCUT2D eigenvalue weighted by Crippen LogP contribution is -2.26. The molecule has 172 valence electrons. The Morgan fingerprint density at radius 3 is 2.28 bits per heavy atom. The Hall–Kier alpha value is -2.62. The maximum absolute atomic E-state index is 12.2. The molecule has 0 saturated heterocycles. The van der Waals surface area contributed by atoms with Crippen LogP contribution in [0.1, 0.15) is 83.1 Å². The van der Waals surface area contributed by atoms with Gasteiger partial charge in [0, 0.05) is 0 Å². The van der Waals surface area contributed by atoms with Gasteiger partial charge in [0.15, 0.2) is 6.61 Å². The molecule has 0 fully saturated rings. The average Bonchev–Trinajstić information content (AvgIpc) is 2.74. The Labute approximate surface area is 193 Å². The highest BCUT2D eigenvalue weighted by molar-refractivity contribution is 5.99. The number of hydrogen-bond donors (Lipinski definition) is 1. The van der Waals surface area contributed by atoms with Crippen LogP contribution in [0.4, 0.5) is 0 Å². The van der Waals surface area contributed by atoms with Gasteiger partial charge in [-0.25, -0.2) is 5.43 Å². The molecule has 0 saturated carbocycles. The van der Waals surface area contributed by atoms with Crippen LogP contribution in [-0.4, -0.2) is 18.2 Å². The number of fused-ring (bicyclic) bond motifs is 1. The Bertz CT molecular complexity index is 966. The lowest BCUT2D eigenvalue weighted by Gasteiger charge is -2.33. The quantitative estimate of drug-likeness (QED) is 0.417. The van der Waals surface area contributed by atoms with Crippen LogP contribution in [0.2, 0.25) is 0 Å². The molecule has 32 heavy (non-hydrogen) atoms. The lowest BCUT2D eigenvalue weighted by atomic mass is 9.72. The van der Waals surface area contributed by atoms with E-state index in [0.29, 0.717) is 5.75 Å². The van der Waals surface area contributed by atoms with Crippen LogP contribution in [0.15, 0.2) is 47.6 Å². The fourth-order valence-corrected chi connectivity index (χ4v) is 4.78. The second kappa shape index (κ2) is 9.89. The third kappa shape index (κ3) is 6.69. The zero-order chi connectivity index (χ0) is 23.4. The van der Waals surface area contributed by atoms with Crippen LogP contribution in [-0.2, 0) is 23.1 Å². The predicted molar refractivity (Wildman–Crippen MR) is 132 cm³/mol. The summed E-state index contributed by atoms with van der Waals surface area (Å²) >= 11 is 0. The molecule has 0 unspecified atom stereocenters. The molecule has 1 amide bonds. The van der Waals surface area contributed by atoms with E-state index in [9.17, 15) is 4.79 Å². The highest BCUT2D eigenvalue weighted by Gasteiger charge is 2.27. The topological polar surface area (TPSA) is 50.7 Å². The molecular weight excluding hydrogens is 396 g/mol. The summed E-state index contributed by atoms with van der Waals surface area (Å²) in [7, 11) is 0. The molecule has 2 aromatic rings. The number of aryl methyl sites for hydroxylation is 2. The molecule has 4 nitrogen and oxygen atoms in total. The summed E-state index contributed by atoms with van der Waals surface area (Å²) in [6.45, 7) is 13.2. The van der Waals surface area contributed by atoms with Gasteiger partial charge in [-0.1, -0.05) is 58.9 Å². The third-order valence-electron chi connectivity index (χ3n) is 6.09. The minimum Gasteiger partial charge on any atom is -0.484 e. The summed E-state index contributed by atoms with van der Waals surface area (Å²) < 4.78 is 5.67. The lowest BCUT2D eigenvalue weighted by molar-refractivity contribution is -0.123. The fourth-order valence-electron chi connectivity index (χ4n) is 4.78. The Morgan fingerprint density at radius 2 is 1.62 bits per heavy atom. The van der Waals surface area contributed by atoms with Crippen LogP contribution in [0.5, 0.6) is 5.75 Å². The number of amides is 1. The predicted octanol–water partition coefficient (Wildman–Crippen LogP) is 6.20. The zero-order valence-corrected chi connectivity index (χ0v) is 20.5. The first-order valence-electron chi connectivity index (χ1n) is 11.7. The van der Waals surface area contributed by atoms with E-state index in [4.69, 9.17) is 4.74 Å². The molecule has 1 N–H and O–H groups in total. The molecule has 4 heteroatoms. The van der Waals surface area contributed by atoms with Gasteiger partial charge < -0.3 is 4.74 Å². The molecule has 0 bridgehead atoms. The summed E-state index contributed by atoms with van der Waals surface area (Å²) in [5.74, 6) is 0.422. The van der Waals surface area contributed by atoms with Gasteiger partial charge in [0.25, 0.3) is 5.91 Å². The number of carbonyl (C=O) groups is 1. The molecule has 0 aromatic heterocycles. The van der Waals surface area contributed by atoms with Gasteiger partial charge in [-0.3, -0.25) is 4.79 Å². The van der Waals surface area contributed by atoms with Crippen molar-refractivity contribution in [2.75, 3.05) is 6.61 Å². The highest BCUT2D eigenvalue weighted by atomic mass is 16.5. The van der Waals surface area contributed by atoms with E-state index in [1.807, 2.05) is 19.1 Å². The van der Waals surface area contributed by atoms with Crippen molar-refractivity contribution < 1.29 is 9.53 Å². The first kappa shape index (κ1) is 24.0. The maximum atomic E-state index is 12.2. The van der Waals surface area contributed by atoms with E-state index in [2.05, 4.69) is 75.5 Å². The molecule has 1 aliphatic rings. The average molecular weight is 435 g/mol. The molecule has 0 aliphatic heterocycles. The molecular formula is C28H38N2O2. The van der Waals surface area contributed by atoms with E-state index in [-0.39, 0.29) is 23.3 Å². The smallest absolute Gasteiger partial charge is 0.277 e. The minimum atomic E-state index is -0.264. The minimum absolute atomic E-state index is 0.0638. The molecule has 3 rings (SSSR count). The van der Waals surface area contributed by atoms with Crippen molar-refractivity contribution in [2.45, 2.75) is 79.1 Å². The van der Waals surface area contributed by atoms with Gasteiger partial charge in [0.2, 0.25) is 0 Å². The summed E-state index contributed by atoms with van der Waals surface area (Å²) in [5, 5.41) is 4.27. The Balaban J connectivity index is 1.52. The van der Waals surface area contributed by atoms with E-state index in [1.165, 1.54) is 29.5 Å². The van der Waals surface area contributed by atoms with Crippen molar-refractivity contribution in [3.8, 4) is 5.75 Å². The third-order valence-corrected chi connectivity index (χ3v) is 6.09. The van der Waals surface area contributed by atoms with Crippen LogP contribution >= 0.6 is 0 Å². The summed E-state index contributed by atoms with van der Waals surface area (Å²) in [6, 6.07) is 14.6. The van der Waals surface area contributed by atoms with Crippen LogP contribution in [0.25, 0.3) is 0 Å². The largest absolute Gasteiger partial charge is 0.484 e. The fraction of sp³-hybridized carbons (Fsp3) is 0.500. The number of hydrogen-bond acceptors (Lipinski definition) is 3. The number of rotatable bonds is 7. The van der Waals surface area contributed by atoms with E-state index < -0.39 is 0 Å². The number of ether oxygens (including phenoxy) is 1. The van der Waals surface area contributed by atoms with Gasteiger partial charge in [-0.05, 0) is 90.3 Å². The van der Waals surface area contributed by atoms with E-state index in [1.54, 1.807) is 0 Å². The second-order valence-corrected chi connectivity index (χ2v) is 10.9. The van der Waals surface area contributed by atoms with Crippen molar-refractivity contribution in [1.82, 2.24) is 5.43 Å². The van der Waals surface area contributed by atoms with Crippen molar-refractivity contribution in [1.29, 1.82) is 0 Å². The van der Waals surface area contributed by atoms with Gasteiger partial charge in [0.1, 0.15) is 5.75 Å². The van der Waals surface area contributed by atoms with E-state index >= 15 is 0 Å². The number of nitrogens with one attached hydrogen (secondary N) is 1. The highest BCUT2D eigenvalue weighted by Crippen LogP contribution is 2.36. The molecule has 0 spiro atoms. The first-order chi connectivity index (χ1) is 15.0. The molecule has 1 aliphatic carbocycles. The SMILES string of the molecule is C/C(=N/NC(=O)COc1ccc(C(C)(C)CC(C)(C)C)cc1)c1ccc2c(c1)CCCC2. The number of hydrazone groups is 1. The monoisotopic (exact) mass is 434 g/mol. The summed E-state index contributed by atoms with van der Waals surface area (Å²) in [6.07, 6.45) is 5.89. The second-order valence-electron chi connectivity index (χ2n) is 10.9. The molecule has 0 atom stereocenters. The summed E-state index contributed by atoms with van der Waals surface area (Å²) in [5.41, 5.74) is 8.94. The number of nitrogens with zero attached hydrogens (tertiary/aromatic N) is 1. The van der Waals surface area contributed by atoms with Gasteiger partial charge in [-0.2, -0.15) is 5.10 Å². The van der Waals surface area contributed by atoms with Gasteiger partial charge in [0.05, 0.1) is 5.71 Å². The molecule has 0 radical (unpaired) electrons. The van der Waals surface area contributed by atoms with E-state index in [0.717, 1.165) is 30.5 Å². The molecule has 0 heterocycles. The van der Waals surface area contributed by atoms with Crippen molar-refractivity contribution >= 4 is 11.6 Å². The van der Waals surface area contributed by atoms with Crippen LogP contribution in [0.3, 0.4) is 0 Å². The Kier molecular flexibility index (Phi) is 7.43. The van der Waals surface area contributed by atoms with Crippen molar-refractivity contribution in [3.63, 3.8) is 0 Å². The number of benzene rings is 2. The van der Waals surface area contributed by atoms with Crippen molar-refractivity contribution in [2.24, 2.45) is 10.5 Å². The van der Waals surface area contributed by atoms with Gasteiger partial charge in [-0.15, -0.1) is 0 Å².